The summed E-state index contributed by atoms with van der Waals surface area (Å²) >= 11 is 3.80. The number of benzene rings is 1. The van der Waals surface area contributed by atoms with Gasteiger partial charge in [0.25, 0.3) is 0 Å². The highest BCUT2D eigenvalue weighted by atomic mass is 79.9. The predicted molar refractivity (Wildman–Crippen MR) is 66.7 cm³/mol. The zero-order chi connectivity index (χ0) is 10.8. The Hall–Kier alpha value is -0.500. The molecule has 0 amide bonds. The van der Waals surface area contributed by atoms with Crippen molar-refractivity contribution in [3.05, 3.63) is 29.3 Å². The van der Waals surface area contributed by atoms with Crippen LogP contribution < -0.4 is 4.74 Å². The molecule has 1 saturated carbocycles. The standard InChI is InChI=1S/C13H17BrO/c1-9-8-11(6-7-12(9)15-2)13(14)10-4-3-5-10/h6-8,10,13H,3-5H2,1-2H3. The van der Waals surface area contributed by atoms with E-state index in [-0.39, 0.29) is 0 Å². The van der Waals surface area contributed by atoms with Crippen molar-refractivity contribution in [2.45, 2.75) is 31.0 Å². The lowest BCUT2D eigenvalue weighted by Gasteiger charge is -2.30. The quantitative estimate of drug-likeness (QED) is 0.746. The summed E-state index contributed by atoms with van der Waals surface area (Å²) in [5.74, 6) is 1.81. The minimum atomic E-state index is 0.524. The smallest absolute Gasteiger partial charge is 0.121 e. The Labute approximate surface area is 100.0 Å². The second-order valence-corrected chi connectivity index (χ2v) is 5.31. The molecule has 0 N–H and O–H groups in total. The number of hydrogen-bond acceptors (Lipinski definition) is 1. The van der Waals surface area contributed by atoms with Crippen LogP contribution in [0.15, 0.2) is 18.2 Å². The molecule has 15 heavy (non-hydrogen) atoms. The molecule has 2 heteroatoms. The number of alkyl halides is 1. The highest BCUT2D eigenvalue weighted by Gasteiger charge is 2.26. The van der Waals surface area contributed by atoms with Gasteiger partial charge in [-0.25, -0.2) is 0 Å². The molecule has 1 aliphatic rings. The molecule has 0 bridgehead atoms. The molecule has 2 rings (SSSR count). The molecule has 1 nitrogen and oxygen atoms in total. The second kappa shape index (κ2) is 4.56. The van der Waals surface area contributed by atoms with Gasteiger partial charge in [0.15, 0.2) is 0 Å². The van der Waals surface area contributed by atoms with Gasteiger partial charge in [-0.05, 0) is 42.9 Å². The van der Waals surface area contributed by atoms with Crippen LogP contribution in [0.3, 0.4) is 0 Å². The maximum Gasteiger partial charge on any atom is 0.121 e. The summed E-state index contributed by atoms with van der Waals surface area (Å²) in [7, 11) is 1.72. The Kier molecular flexibility index (Phi) is 3.35. The number of halogens is 1. The normalized spacial score (nSPS) is 18.3. The molecule has 82 valence electrons. The van der Waals surface area contributed by atoms with Crippen molar-refractivity contribution in [1.29, 1.82) is 0 Å². The van der Waals surface area contributed by atoms with E-state index in [2.05, 4.69) is 41.1 Å². The summed E-state index contributed by atoms with van der Waals surface area (Å²) in [5, 5.41) is 0. The minimum absolute atomic E-state index is 0.524. The summed E-state index contributed by atoms with van der Waals surface area (Å²) in [5.41, 5.74) is 2.61. The maximum atomic E-state index is 5.27. The molecule has 1 atom stereocenters. The fourth-order valence-electron chi connectivity index (χ4n) is 2.08. The van der Waals surface area contributed by atoms with E-state index in [1.807, 2.05) is 0 Å². The first-order chi connectivity index (χ1) is 7.22. The van der Waals surface area contributed by atoms with Gasteiger partial charge in [-0.2, -0.15) is 0 Å². The van der Waals surface area contributed by atoms with Crippen molar-refractivity contribution in [2.24, 2.45) is 5.92 Å². The number of hydrogen-bond donors (Lipinski definition) is 0. The zero-order valence-corrected chi connectivity index (χ0v) is 10.9. The van der Waals surface area contributed by atoms with Crippen molar-refractivity contribution < 1.29 is 4.74 Å². The van der Waals surface area contributed by atoms with Gasteiger partial charge in [-0.3, -0.25) is 0 Å². The molecule has 1 aliphatic carbocycles. The zero-order valence-electron chi connectivity index (χ0n) is 9.29. The first-order valence-corrected chi connectivity index (χ1v) is 6.42. The lowest BCUT2D eigenvalue weighted by Crippen LogP contribution is -2.16. The average molecular weight is 269 g/mol. The third-order valence-electron chi connectivity index (χ3n) is 3.30. The van der Waals surface area contributed by atoms with Crippen molar-refractivity contribution in [3.63, 3.8) is 0 Å². The van der Waals surface area contributed by atoms with Crippen molar-refractivity contribution in [2.75, 3.05) is 7.11 Å². The molecule has 0 spiro atoms. The van der Waals surface area contributed by atoms with Gasteiger partial charge in [0.2, 0.25) is 0 Å². The summed E-state index contributed by atoms with van der Waals surface area (Å²) in [6.45, 7) is 2.10. The Morgan fingerprint density at radius 1 is 1.40 bits per heavy atom. The van der Waals surface area contributed by atoms with Crippen molar-refractivity contribution in [3.8, 4) is 5.75 Å². The summed E-state index contributed by atoms with van der Waals surface area (Å²) in [6, 6.07) is 6.47. The summed E-state index contributed by atoms with van der Waals surface area (Å²) < 4.78 is 5.27. The molecule has 0 aliphatic heterocycles. The largest absolute Gasteiger partial charge is 0.496 e. The van der Waals surface area contributed by atoms with Gasteiger partial charge in [0.1, 0.15) is 5.75 Å². The lowest BCUT2D eigenvalue weighted by molar-refractivity contribution is 0.312. The average Bonchev–Trinajstić information content (AvgIpc) is 2.15. The molecule has 0 radical (unpaired) electrons. The van der Waals surface area contributed by atoms with Crippen LogP contribution in [-0.2, 0) is 0 Å². The highest BCUT2D eigenvalue weighted by Crippen LogP contribution is 2.43. The lowest BCUT2D eigenvalue weighted by atomic mass is 9.80. The SMILES string of the molecule is COc1ccc(C(Br)C2CCC2)cc1C. The molecule has 0 saturated heterocycles. The van der Waals surface area contributed by atoms with E-state index >= 15 is 0 Å². The third kappa shape index (κ3) is 2.20. The van der Waals surface area contributed by atoms with Crippen LogP contribution in [-0.4, -0.2) is 7.11 Å². The number of methoxy groups -OCH3 is 1. The molecule has 1 fully saturated rings. The second-order valence-electron chi connectivity index (χ2n) is 4.32. The summed E-state index contributed by atoms with van der Waals surface area (Å²) in [4.78, 5) is 0.524. The molecule has 0 heterocycles. The van der Waals surface area contributed by atoms with Gasteiger partial charge >= 0.3 is 0 Å². The van der Waals surface area contributed by atoms with E-state index in [4.69, 9.17) is 4.74 Å². The third-order valence-corrected chi connectivity index (χ3v) is 4.58. The number of rotatable bonds is 3. The molecular weight excluding hydrogens is 252 g/mol. The van der Waals surface area contributed by atoms with Crippen LogP contribution in [0.1, 0.15) is 35.2 Å². The van der Waals surface area contributed by atoms with Gasteiger partial charge in [0, 0.05) is 4.83 Å². The van der Waals surface area contributed by atoms with E-state index in [0.29, 0.717) is 4.83 Å². The predicted octanol–water partition coefficient (Wildman–Crippen LogP) is 4.24. The van der Waals surface area contributed by atoms with Gasteiger partial charge in [-0.15, -0.1) is 0 Å². The molecule has 1 unspecified atom stereocenters. The maximum absolute atomic E-state index is 5.27. The van der Waals surface area contributed by atoms with E-state index in [0.717, 1.165) is 11.7 Å². The first-order valence-electron chi connectivity index (χ1n) is 5.51. The van der Waals surface area contributed by atoms with E-state index in [1.54, 1.807) is 7.11 Å². The first kappa shape index (κ1) is 11.0. The molecule has 1 aromatic rings. The van der Waals surface area contributed by atoms with Gasteiger partial charge < -0.3 is 4.74 Å². The van der Waals surface area contributed by atoms with Crippen molar-refractivity contribution >= 4 is 15.9 Å². The van der Waals surface area contributed by atoms with Crippen LogP contribution in [0, 0.1) is 12.8 Å². The fraction of sp³-hybridized carbons (Fsp3) is 0.538. The summed E-state index contributed by atoms with van der Waals surface area (Å²) in [6.07, 6.45) is 4.11. The fourth-order valence-corrected chi connectivity index (χ4v) is 2.89. The monoisotopic (exact) mass is 268 g/mol. The van der Waals surface area contributed by atoms with E-state index < -0.39 is 0 Å². The van der Waals surface area contributed by atoms with Crippen LogP contribution in [0.2, 0.25) is 0 Å². The Morgan fingerprint density at radius 2 is 2.13 bits per heavy atom. The van der Waals surface area contributed by atoms with Gasteiger partial charge in [-0.1, -0.05) is 34.5 Å². The minimum Gasteiger partial charge on any atom is -0.496 e. The van der Waals surface area contributed by atoms with Crippen molar-refractivity contribution in [1.82, 2.24) is 0 Å². The Morgan fingerprint density at radius 3 is 2.60 bits per heavy atom. The van der Waals surface area contributed by atoms with Crippen LogP contribution >= 0.6 is 15.9 Å². The number of aryl methyl sites for hydroxylation is 1. The van der Waals surface area contributed by atoms with E-state index in [1.165, 1.54) is 30.4 Å². The highest BCUT2D eigenvalue weighted by molar-refractivity contribution is 9.09. The van der Waals surface area contributed by atoms with Crippen LogP contribution in [0.5, 0.6) is 5.75 Å². The Balaban J connectivity index is 2.17. The van der Waals surface area contributed by atoms with Crippen LogP contribution in [0.4, 0.5) is 0 Å². The van der Waals surface area contributed by atoms with E-state index in [9.17, 15) is 0 Å². The molecule has 0 aromatic heterocycles. The van der Waals surface area contributed by atoms with Gasteiger partial charge in [0.05, 0.1) is 7.11 Å². The van der Waals surface area contributed by atoms with Crippen LogP contribution in [0.25, 0.3) is 0 Å². The molecular formula is C13H17BrO. The Bertz CT molecular complexity index is 344. The number of ether oxygens (including phenoxy) is 1. The topological polar surface area (TPSA) is 9.23 Å². The molecule has 1 aromatic carbocycles.